The molecule has 0 unspecified atom stereocenters. The van der Waals surface area contributed by atoms with Crippen molar-refractivity contribution in [3.05, 3.63) is 0 Å². The third kappa shape index (κ3) is 4.24. The minimum Gasteiger partial charge on any atom is -0.481 e. The Labute approximate surface area is 102 Å². The lowest BCUT2D eigenvalue weighted by atomic mass is 9.95. The molecule has 1 saturated heterocycles. The van der Waals surface area contributed by atoms with Gasteiger partial charge in [0.2, 0.25) is 0 Å². The third-order valence-corrected chi connectivity index (χ3v) is 2.86. The lowest BCUT2D eigenvalue weighted by Gasteiger charge is -2.24. The molecule has 1 heterocycles. The lowest BCUT2D eigenvalue weighted by Crippen LogP contribution is -2.35. The summed E-state index contributed by atoms with van der Waals surface area (Å²) in [7, 11) is 0. The molecule has 5 heteroatoms. The maximum absolute atomic E-state index is 11.8. The summed E-state index contributed by atoms with van der Waals surface area (Å²) in [6.07, 6.45) is -0.238. The van der Waals surface area contributed by atoms with Crippen LogP contribution in [0.1, 0.15) is 34.1 Å². The molecule has 17 heavy (non-hydrogen) atoms. The van der Waals surface area contributed by atoms with Crippen LogP contribution in [-0.2, 0) is 9.53 Å². The summed E-state index contributed by atoms with van der Waals surface area (Å²) in [5.41, 5.74) is -0.509. The molecule has 1 fully saturated rings. The van der Waals surface area contributed by atoms with Crippen LogP contribution in [0, 0.1) is 11.8 Å². The van der Waals surface area contributed by atoms with Crippen LogP contribution in [0.3, 0.4) is 0 Å². The van der Waals surface area contributed by atoms with E-state index < -0.39 is 11.6 Å². The van der Waals surface area contributed by atoms with E-state index in [2.05, 4.69) is 0 Å². The summed E-state index contributed by atoms with van der Waals surface area (Å²) in [6.45, 7) is 8.48. The van der Waals surface area contributed by atoms with Crippen molar-refractivity contribution in [3.63, 3.8) is 0 Å². The fourth-order valence-corrected chi connectivity index (χ4v) is 2.00. The molecule has 0 aromatic carbocycles. The van der Waals surface area contributed by atoms with E-state index in [4.69, 9.17) is 9.84 Å². The third-order valence-electron chi connectivity index (χ3n) is 2.86. The monoisotopic (exact) mass is 243 g/mol. The fourth-order valence-electron chi connectivity index (χ4n) is 2.00. The Kier molecular flexibility index (Phi) is 4.01. The van der Waals surface area contributed by atoms with Gasteiger partial charge >= 0.3 is 12.1 Å². The largest absolute Gasteiger partial charge is 0.481 e. The fraction of sp³-hybridized carbons (Fsp3) is 0.833. The minimum absolute atomic E-state index is 0.0278. The van der Waals surface area contributed by atoms with Crippen LogP contribution in [-0.4, -0.2) is 40.8 Å². The second kappa shape index (κ2) is 4.94. The van der Waals surface area contributed by atoms with Crippen LogP contribution in [0.4, 0.5) is 4.79 Å². The van der Waals surface area contributed by atoms with Crippen molar-refractivity contribution in [1.29, 1.82) is 0 Å². The molecule has 98 valence electrons. The summed E-state index contributed by atoms with van der Waals surface area (Å²) in [6, 6.07) is 0. The van der Waals surface area contributed by atoms with Gasteiger partial charge in [-0.3, -0.25) is 4.79 Å². The number of hydrogen-bond donors (Lipinski definition) is 1. The van der Waals surface area contributed by atoms with Gasteiger partial charge in [0.05, 0.1) is 6.42 Å². The lowest BCUT2D eigenvalue weighted by molar-refractivity contribution is -0.138. The molecule has 0 spiro atoms. The zero-order valence-corrected chi connectivity index (χ0v) is 10.9. The molecular weight excluding hydrogens is 222 g/mol. The molecule has 0 aliphatic carbocycles. The first-order chi connectivity index (χ1) is 7.69. The van der Waals surface area contributed by atoms with E-state index in [0.29, 0.717) is 13.1 Å². The number of carboxylic acids is 1. The van der Waals surface area contributed by atoms with E-state index in [1.54, 1.807) is 4.90 Å². The van der Waals surface area contributed by atoms with Crippen LogP contribution < -0.4 is 0 Å². The number of aliphatic carboxylic acids is 1. The van der Waals surface area contributed by atoms with E-state index in [-0.39, 0.29) is 24.3 Å². The highest BCUT2D eigenvalue weighted by Gasteiger charge is 2.35. The summed E-state index contributed by atoms with van der Waals surface area (Å²) in [5, 5.41) is 8.77. The molecule has 0 radical (unpaired) electrons. The number of ether oxygens (including phenoxy) is 1. The van der Waals surface area contributed by atoms with Crippen molar-refractivity contribution in [1.82, 2.24) is 4.90 Å². The van der Waals surface area contributed by atoms with E-state index in [1.807, 2.05) is 27.7 Å². The molecule has 1 aliphatic heterocycles. The van der Waals surface area contributed by atoms with Crippen molar-refractivity contribution in [2.24, 2.45) is 11.8 Å². The van der Waals surface area contributed by atoms with Crippen LogP contribution >= 0.6 is 0 Å². The van der Waals surface area contributed by atoms with E-state index in [1.165, 1.54) is 0 Å². The second-order valence-electron chi connectivity index (χ2n) is 5.72. The molecule has 1 rings (SSSR count). The number of carbonyl (C=O) groups is 2. The zero-order valence-electron chi connectivity index (χ0n) is 10.9. The standard InChI is InChI=1S/C12H21NO4/c1-8-6-13(7-9(8)5-10(14)15)11(16)17-12(2,3)4/h8-9H,5-7H2,1-4H3,(H,14,15)/t8-,9+/m1/s1. The van der Waals surface area contributed by atoms with Crippen LogP contribution in [0.25, 0.3) is 0 Å². The van der Waals surface area contributed by atoms with Crippen molar-refractivity contribution in [3.8, 4) is 0 Å². The number of likely N-dealkylation sites (tertiary alicyclic amines) is 1. The molecule has 1 aliphatic rings. The molecular formula is C12H21NO4. The SMILES string of the molecule is C[C@@H]1CN(C(=O)OC(C)(C)C)C[C@@H]1CC(=O)O. The van der Waals surface area contributed by atoms with Crippen LogP contribution in [0.15, 0.2) is 0 Å². The number of rotatable bonds is 2. The molecule has 0 aromatic rings. The van der Waals surface area contributed by atoms with Gasteiger partial charge in [0.1, 0.15) is 5.60 Å². The van der Waals surface area contributed by atoms with Gasteiger partial charge in [-0.1, -0.05) is 6.92 Å². The van der Waals surface area contributed by atoms with Gasteiger partial charge < -0.3 is 14.7 Å². The summed E-state index contributed by atoms with van der Waals surface area (Å²) < 4.78 is 5.26. The number of carbonyl (C=O) groups excluding carboxylic acids is 1. The van der Waals surface area contributed by atoms with E-state index in [0.717, 1.165) is 0 Å². The quantitative estimate of drug-likeness (QED) is 0.805. The Morgan fingerprint density at radius 3 is 2.41 bits per heavy atom. The van der Waals surface area contributed by atoms with Gasteiger partial charge in [-0.15, -0.1) is 0 Å². The first-order valence-electron chi connectivity index (χ1n) is 5.89. The molecule has 0 bridgehead atoms. The number of amides is 1. The van der Waals surface area contributed by atoms with Gasteiger partial charge in [0.15, 0.2) is 0 Å². The number of carboxylic acid groups (broad SMARTS) is 1. The Morgan fingerprint density at radius 2 is 1.94 bits per heavy atom. The van der Waals surface area contributed by atoms with Crippen molar-refractivity contribution < 1.29 is 19.4 Å². The second-order valence-corrected chi connectivity index (χ2v) is 5.72. The molecule has 2 atom stereocenters. The highest BCUT2D eigenvalue weighted by Crippen LogP contribution is 2.27. The first-order valence-corrected chi connectivity index (χ1v) is 5.89. The van der Waals surface area contributed by atoms with E-state index >= 15 is 0 Å². The number of hydrogen-bond acceptors (Lipinski definition) is 3. The van der Waals surface area contributed by atoms with Gasteiger partial charge in [-0.05, 0) is 32.6 Å². The average Bonchev–Trinajstić information content (AvgIpc) is 2.44. The maximum atomic E-state index is 11.8. The molecule has 1 amide bonds. The normalized spacial score (nSPS) is 24.8. The van der Waals surface area contributed by atoms with Gasteiger partial charge in [-0.2, -0.15) is 0 Å². The van der Waals surface area contributed by atoms with Crippen molar-refractivity contribution >= 4 is 12.1 Å². The molecule has 5 nitrogen and oxygen atoms in total. The Morgan fingerprint density at radius 1 is 1.35 bits per heavy atom. The zero-order chi connectivity index (χ0) is 13.2. The molecule has 0 aromatic heterocycles. The predicted octanol–water partition coefficient (Wildman–Crippen LogP) is 1.96. The minimum atomic E-state index is -0.812. The van der Waals surface area contributed by atoms with Crippen LogP contribution in [0.2, 0.25) is 0 Å². The Bertz CT molecular complexity index is 308. The molecule has 1 N–H and O–H groups in total. The van der Waals surface area contributed by atoms with Gasteiger partial charge in [0.25, 0.3) is 0 Å². The van der Waals surface area contributed by atoms with Crippen molar-refractivity contribution in [2.75, 3.05) is 13.1 Å². The van der Waals surface area contributed by atoms with Crippen molar-refractivity contribution in [2.45, 2.75) is 39.7 Å². The Balaban J connectivity index is 2.53. The maximum Gasteiger partial charge on any atom is 0.410 e. The summed E-state index contributed by atoms with van der Waals surface area (Å²) in [5.74, 6) is -0.577. The topological polar surface area (TPSA) is 66.8 Å². The number of nitrogens with zero attached hydrogens (tertiary/aromatic N) is 1. The predicted molar refractivity (Wildman–Crippen MR) is 62.7 cm³/mol. The molecule has 0 saturated carbocycles. The highest BCUT2D eigenvalue weighted by atomic mass is 16.6. The Hall–Kier alpha value is -1.26. The smallest absolute Gasteiger partial charge is 0.410 e. The first kappa shape index (κ1) is 13.8. The average molecular weight is 243 g/mol. The highest BCUT2D eigenvalue weighted by molar-refractivity contribution is 5.70. The van der Waals surface area contributed by atoms with Crippen LogP contribution in [0.5, 0.6) is 0 Å². The van der Waals surface area contributed by atoms with Gasteiger partial charge in [-0.25, -0.2) is 4.79 Å². The van der Waals surface area contributed by atoms with Gasteiger partial charge in [0, 0.05) is 13.1 Å². The summed E-state index contributed by atoms with van der Waals surface area (Å²) >= 11 is 0. The summed E-state index contributed by atoms with van der Waals surface area (Å²) in [4.78, 5) is 24.1. The van der Waals surface area contributed by atoms with E-state index in [9.17, 15) is 9.59 Å².